The lowest BCUT2D eigenvalue weighted by Crippen LogP contribution is -2.36. The van der Waals surface area contributed by atoms with Crippen LogP contribution in [0.15, 0.2) is 0 Å². The Morgan fingerprint density at radius 2 is 2.10 bits per heavy atom. The molecule has 1 heterocycles. The van der Waals surface area contributed by atoms with Crippen molar-refractivity contribution < 1.29 is 14.3 Å². The van der Waals surface area contributed by atoms with Gasteiger partial charge in [-0.2, -0.15) is 0 Å². The van der Waals surface area contributed by atoms with E-state index in [9.17, 15) is 9.59 Å². The fraction of sp³-hybridized carbons (Fsp3) is 0.867. The molecule has 1 saturated heterocycles. The Bertz CT molecular complexity index is 329. The molecule has 2 unspecified atom stereocenters. The molecule has 0 aliphatic carbocycles. The summed E-state index contributed by atoms with van der Waals surface area (Å²) in [6.07, 6.45) is 2.36. The summed E-state index contributed by atoms with van der Waals surface area (Å²) in [6, 6.07) is 0.202. The van der Waals surface area contributed by atoms with Gasteiger partial charge in [0, 0.05) is 19.0 Å². The number of carbonyl (C=O) groups is 2. The van der Waals surface area contributed by atoms with Crippen molar-refractivity contribution in [2.45, 2.75) is 46.1 Å². The molecule has 0 saturated carbocycles. The number of likely N-dealkylation sites (tertiary alicyclic amines) is 1. The zero-order chi connectivity index (χ0) is 15.1. The van der Waals surface area contributed by atoms with Gasteiger partial charge >= 0.3 is 5.97 Å². The third kappa shape index (κ3) is 4.47. The van der Waals surface area contributed by atoms with Crippen molar-refractivity contribution in [2.24, 2.45) is 5.92 Å². The topological polar surface area (TPSA) is 49.9 Å². The molecule has 0 aromatic heterocycles. The van der Waals surface area contributed by atoms with Gasteiger partial charge in [0.1, 0.15) is 0 Å². The summed E-state index contributed by atoms with van der Waals surface area (Å²) in [7, 11) is 1.38. The molecule has 20 heavy (non-hydrogen) atoms. The second-order valence-corrected chi connectivity index (χ2v) is 5.49. The number of hydrogen-bond donors (Lipinski definition) is 0. The Morgan fingerprint density at radius 1 is 1.45 bits per heavy atom. The molecule has 1 amide bonds. The predicted molar refractivity (Wildman–Crippen MR) is 78.3 cm³/mol. The molecule has 1 rings (SSSR count). The van der Waals surface area contributed by atoms with E-state index in [0.29, 0.717) is 13.0 Å². The maximum Gasteiger partial charge on any atom is 0.310 e. The van der Waals surface area contributed by atoms with Crippen LogP contribution in [0.5, 0.6) is 0 Å². The van der Waals surface area contributed by atoms with Gasteiger partial charge in [-0.1, -0.05) is 13.8 Å². The third-order valence-electron chi connectivity index (χ3n) is 4.22. The highest BCUT2D eigenvalue weighted by Crippen LogP contribution is 2.23. The highest BCUT2D eigenvalue weighted by Gasteiger charge is 2.36. The molecule has 0 aromatic rings. The first-order valence-corrected chi connectivity index (χ1v) is 7.63. The van der Waals surface area contributed by atoms with Crippen LogP contribution in [-0.4, -0.2) is 61.0 Å². The van der Waals surface area contributed by atoms with Crippen LogP contribution in [0.4, 0.5) is 0 Å². The monoisotopic (exact) mass is 284 g/mol. The lowest BCUT2D eigenvalue weighted by Gasteiger charge is -2.26. The van der Waals surface area contributed by atoms with Crippen LogP contribution in [0.2, 0.25) is 0 Å². The van der Waals surface area contributed by atoms with Crippen LogP contribution in [0.3, 0.4) is 0 Å². The van der Waals surface area contributed by atoms with Gasteiger partial charge in [0.15, 0.2) is 0 Å². The van der Waals surface area contributed by atoms with Crippen molar-refractivity contribution in [3.63, 3.8) is 0 Å². The maximum absolute atomic E-state index is 12.0. The van der Waals surface area contributed by atoms with E-state index in [4.69, 9.17) is 4.74 Å². The summed E-state index contributed by atoms with van der Waals surface area (Å²) in [5.41, 5.74) is 0. The fourth-order valence-corrected chi connectivity index (χ4v) is 2.79. The van der Waals surface area contributed by atoms with Crippen molar-refractivity contribution in [2.75, 3.05) is 33.3 Å². The summed E-state index contributed by atoms with van der Waals surface area (Å²) >= 11 is 0. The molecule has 5 nitrogen and oxygen atoms in total. The Hall–Kier alpha value is -1.10. The fourth-order valence-electron chi connectivity index (χ4n) is 2.79. The van der Waals surface area contributed by atoms with E-state index in [0.717, 1.165) is 32.5 Å². The molecule has 0 spiro atoms. The van der Waals surface area contributed by atoms with E-state index in [-0.39, 0.29) is 23.8 Å². The largest absolute Gasteiger partial charge is 0.469 e. The van der Waals surface area contributed by atoms with Crippen molar-refractivity contribution in [3.8, 4) is 0 Å². The molecule has 1 aliphatic heterocycles. The number of ether oxygens (including phenoxy) is 1. The lowest BCUT2D eigenvalue weighted by molar-refractivity contribution is -0.145. The number of esters is 1. The van der Waals surface area contributed by atoms with Crippen LogP contribution in [-0.2, 0) is 14.3 Å². The number of nitrogens with zero attached hydrogens (tertiary/aromatic N) is 2. The van der Waals surface area contributed by atoms with E-state index < -0.39 is 0 Å². The highest BCUT2D eigenvalue weighted by molar-refractivity contribution is 5.86. The van der Waals surface area contributed by atoms with Gasteiger partial charge in [0.25, 0.3) is 0 Å². The standard InChI is InChI=1S/C15H28N2O3/c1-5-16(6-2)9-7-8-12(3)17-11-13(10-14(17)18)15(19)20-4/h12-13H,5-11H2,1-4H3. The van der Waals surface area contributed by atoms with Gasteiger partial charge < -0.3 is 14.5 Å². The summed E-state index contributed by atoms with van der Waals surface area (Å²) in [4.78, 5) is 27.7. The van der Waals surface area contributed by atoms with Crippen molar-refractivity contribution in [1.82, 2.24) is 9.80 Å². The minimum Gasteiger partial charge on any atom is -0.469 e. The second-order valence-electron chi connectivity index (χ2n) is 5.49. The molecule has 0 radical (unpaired) electrons. The molecular formula is C15H28N2O3. The average Bonchev–Trinajstić information content (AvgIpc) is 2.84. The second kappa shape index (κ2) is 8.25. The Labute approximate surface area is 122 Å². The maximum atomic E-state index is 12.0. The van der Waals surface area contributed by atoms with Crippen molar-refractivity contribution >= 4 is 11.9 Å². The van der Waals surface area contributed by atoms with Crippen LogP contribution in [0.1, 0.15) is 40.0 Å². The SMILES string of the molecule is CCN(CC)CCCC(C)N1CC(C(=O)OC)CC1=O. The molecule has 116 valence electrons. The first kappa shape index (κ1) is 17.0. The summed E-state index contributed by atoms with van der Waals surface area (Å²) < 4.78 is 4.73. The summed E-state index contributed by atoms with van der Waals surface area (Å²) in [6.45, 7) is 10.1. The minimum absolute atomic E-state index is 0.0794. The van der Waals surface area contributed by atoms with E-state index in [1.54, 1.807) is 0 Å². The zero-order valence-corrected chi connectivity index (χ0v) is 13.2. The lowest BCUT2D eigenvalue weighted by atomic mass is 10.1. The van der Waals surface area contributed by atoms with Gasteiger partial charge in [0.05, 0.1) is 13.0 Å². The van der Waals surface area contributed by atoms with Gasteiger partial charge in [0.2, 0.25) is 5.91 Å². The molecule has 1 aliphatic rings. The number of rotatable bonds is 8. The van der Waals surface area contributed by atoms with E-state index in [1.165, 1.54) is 7.11 Å². The zero-order valence-electron chi connectivity index (χ0n) is 13.2. The van der Waals surface area contributed by atoms with Crippen molar-refractivity contribution in [1.29, 1.82) is 0 Å². The highest BCUT2D eigenvalue weighted by atomic mass is 16.5. The Kier molecular flexibility index (Phi) is 6.99. The van der Waals surface area contributed by atoms with Gasteiger partial charge in [-0.15, -0.1) is 0 Å². The van der Waals surface area contributed by atoms with E-state index in [1.807, 2.05) is 4.90 Å². The molecule has 0 N–H and O–H groups in total. The van der Waals surface area contributed by atoms with Crippen LogP contribution >= 0.6 is 0 Å². The first-order valence-electron chi connectivity index (χ1n) is 7.63. The first-order chi connectivity index (χ1) is 9.53. The van der Waals surface area contributed by atoms with E-state index >= 15 is 0 Å². The van der Waals surface area contributed by atoms with Gasteiger partial charge in [-0.3, -0.25) is 9.59 Å². The van der Waals surface area contributed by atoms with Crippen LogP contribution in [0.25, 0.3) is 0 Å². The number of methoxy groups -OCH3 is 1. The molecule has 0 bridgehead atoms. The van der Waals surface area contributed by atoms with Gasteiger partial charge in [-0.05, 0) is 39.4 Å². The van der Waals surface area contributed by atoms with E-state index in [2.05, 4.69) is 25.7 Å². The smallest absolute Gasteiger partial charge is 0.310 e. The summed E-state index contributed by atoms with van der Waals surface area (Å²) in [5.74, 6) is -0.468. The Balaban J connectivity index is 2.38. The van der Waals surface area contributed by atoms with Gasteiger partial charge in [-0.25, -0.2) is 0 Å². The van der Waals surface area contributed by atoms with Crippen LogP contribution < -0.4 is 0 Å². The molecule has 1 fully saturated rings. The summed E-state index contributed by atoms with van der Waals surface area (Å²) in [5, 5.41) is 0. The Morgan fingerprint density at radius 3 is 2.65 bits per heavy atom. The average molecular weight is 284 g/mol. The molecule has 2 atom stereocenters. The normalized spacial score (nSPS) is 20.6. The number of amides is 1. The van der Waals surface area contributed by atoms with Crippen LogP contribution in [0, 0.1) is 5.92 Å². The quantitative estimate of drug-likeness (QED) is 0.634. The molecule has 5 heteroatoms. The number of hydrogen-bond acceptors (Lipinski definition) is 4. The number of carbonyl (C=O) groups excluding carboxylic acids is 2. The third-order valence-corrected chi connectivity index (χ3v) is 4.22. The molecule has 0 aromatic carbocycles. The predicted octanol–water partition coefficient (Wildman–Crippen LogP) is 1.52. The molecular weight excluding hydrogens is 256 g/mol. The van der Waals surface area contributed by atoms with Crippen molar-refractivity contribution in [3.05, 3.63) is 0 Å². The minimum atomic E-state index is -0.280.